The van der Waals surface area contributed by atoms with Gasteiger partial charge in [0.05, 0.1) is 0 Å². The van der Waals surface area contributed by atoms with Gasteiger partial charge in [-0.05, 0) is 24.8 Å². The summed E-state index contributed by atoms with van der Waals surface area (Å²) in [5.41, 5.74) is 3.00. The molecule has 1 aromatic rings. The van der Waals surface area contributed by atoms with E-state index in [1.165, 1.54) is 5.57 Å². The summed E-state index contributed by atoms with van der Waals surface area (Å²) in [6.45, 7) is 2.10. The van der Waals surface area contributed by atoms with E-state index < -0.39 is 0 Å². The van der Waals surface area contributed by atoms with Crippen molar-refractivity contribution < 1.29 is 4.79 Å². The van der Waals surface area contributed by atoms with E-state index in [0.717, 1.165) is 30.4 Å². The average molecular weight is 212 g/mol. The highest BCUT2D eigenvalue weighted by Gasteiger charge is 2.16. The quantitative estimate of drug-likeness (QED) is 0.694. The first-order chi connectivity index (χ1) is 7.83. The topological polar surface area (TPSA) is 17.1 Å². The van der Waals surface area contributed by atoms with E-state index in [1.807, 2.05) is 30.3 Å². The molecular weight excluding hydrogens is 196 g/mol. The van der Waals surface area contributed by atoms with Crippen LogP contribution in [0.3, 0.4) is 0 Å². The van der Waals surface area contributed by atoms with Gasteiger partial charge in [0, 0.05) is 11.1 Å². The molecule has 0 unspecified atom stereocenters. The van der Waals surface area contributed by atoms with Gasteiger partial charge in [-0.2, -0.15) is 0 Å². The summed E-state index contributed by atoms with van der Waals surface area (Å²) < 4.78 is 0. The zero-order valence-electron chi connectivity index (χ0n) is 9.57. The van der Waals surface area contributed by atoms with Gasteiger partial charge in [0.25, 0.3) is 0 Å². The summed E-state index contributed by atoms with van der Waals surface area (Å²) in [6.07, 6.45) is 7.05. The third kappa shape index (κ3) is 2.13. The van der Waals surface area contributed by atoms with Gasteiger partial charge in [0.2, 0.25) is 0 Å². The van der Waals surface area contributed by atoms with Gasteiger partial charge in [-0.3, -0.25) is 4.79 Å². The molecule has 16 heavy (non-hydrogen) atoms. The number of benzene rings is 1. The number of hydrogen-bond donors (Lipinski definition) is 0. The van der Waals surface area contributed by atoms with Crippen LogP contribution in [0.15, 0.2) is 53.6 Å². The molecule has 0 bridgehead atoms. The molecule has 0 amide bonds. The Bertz CT molecular complexity index is 438. The van der Waals surface area contributed by atoms with Crippen molar-refractivity contribution in [3.05, 3.63) is 59.2 Å². The summed E-state index contributed by atoms with van der Waals surface area (Å²) in [4.78, 5) is 12.3. The van der Waals surface area contributed by atoms with Gasteiger partial charge >= 0.3 is 0 Å². The lowest BCUT2D eigenvalue weighted by Crippen LogP contribution is -2.08. The highest BCUT2D eigenvalue weighted by Crippen LogP contribution is 2.24. The molecule has 1 aliphatic rings. The van der Waals surface area contributed by atoms with Crippen LogP contribution < -0.4 is 0 Å². The van der Waals surface area contributed by atoms with E-state index in [2.05, 4.69) is 19.1 Å². The minimum absolute atomic E-state index is 0.196. The minimum Gasteiger partial charge on any atom is -0.289 e. The first-order valence-corrected chi connectivity index (χ1v) is 5.81. The van der Waals surface area contributed by atoms with Gasteiger partial charge < -0.3 is 0 Å². The van der Waals surface area contributed by atoms with Crippen LogP contribution in [0.4, 0.5) is 0 Å². The third-order valence-corrected chi connectivity index (χ3v) is 2.96. The predicted octanol–water partition coefficient (Wildman–Crippen LogP) is 3.93. The Hall–Kier alpha value is -1.63. The Morgan fingerprint density at radius 1 is 1.25 bits per heavy atom. The van der Waals surface area contributed by atoms with Crippen molar-refractivity contribution in [1.29, 1.82) is 0 Å². The molecule has 0 radical (unpaired) electrons. The molecule has 1 aliphatic carbocycles. The maximum atomic E-state index is 12.3. The summed E-state index contributed by atoms with van der Waals surface area (Å²) in [5, 5.41) is 0. The van der Waals surface area contributed by atoms with Gasteiger partial charge in [-0.1, -0.05) is 49.4 Å². The Kier molecular flexibility index (Phi) is 3.35. The smallest absolute Gasteiger partial charge is 0.189 e. The monoisotopic (exact) mass is 212 g/mol. The molecule has 0 heterocycles. The molecule has 1 heteroatoms. The lowest BCUT2D eigenvalue weighted by atomic mass is 9.90. The van der Waals surface area contributed by atoms with E-state index in [9.17, 15) is 4.79 Å². The van der Waals surface area contributed by atoms with Crippen LogP contribution >= 0.6 is 0 Å². The van der Waals surface area contributed by atoms with Gasteiger partial charge in [0.1, 0.15) is 0 Å². The highest BCUT2D eigenvalue weighted by molar-refractivity contribution is 6.09. The van der Waals surface area contributed by atoms with Crippen LogP contribution in [-0.4, -0.2) is 5.78 Å². The number of Topliss-reactive ketones (excluding diaryl/α,β-unsaturated/α-hetero) is 1. The SMILES string of the molecule is CCC1=C(C(=O)c2ccccc2)CCC=C1. The van der Waals surface area contributed by atoms with Gasteiger partial charge in [0.15, 0.2) is 5.78 Å². The molecule has 1 nitrogen and oxygen atoms in total. The second-order valence-corrected chi connectivity index (χ2v) is 3.99. The average Bonchev–Trinajstić information content (AvgIpc) is 2.39. The minimum atomic E-state index is 0.196. The van der Waals surface area contributed by atoms with E-state index in [1.54, 1.807) is 0 Å². The van der Waals surface area contributed by atoms with Crippen molar-refractivity contribution in [2.24, 2.45) is 0 Å². The first kappa shape index (κ1) is 10.9. The van der Waals surface area contributed by atoms with Crippen molar-refractivity contribution in [1.82, 2.24) is 0 Å². The van der Waals surface area contributed by atoms with Crippen molar-refractivity contribution in [2.75, 3.05) is 0 Å². The Balaban J connectivity index is 2.34. The fourth-order valence-corrected chi connectivity index (χ4v) is 2.07. The van der Waals surface area contributed by atoms with Crippen LogP contribution in [0.2, 0.25) is 0 Å². The largest absolute Gasteiger partial charge is 0.289 e. The summed E-state index contributed by atoms with van der Waals surface area (Å²) in [5.74, 6) is 0.196. The predicted molar refractivity (Wildman–Crippen MR) is 66.5 cm³/mol. The standard InChI is InChI=1S/C15H16O/c1-2-12-8-6-7-11-14(12)15(16)13-9-4-3-5-10-13/h3-6,8-10H,2,7,11H2,1H3. The van der Waals surface area contributed by atoms with Crippen LogP contribution in [-0.2, 0) is 0 Å². The van der Waals surface area contributed by atoms with Crippen molar-refractivity contribution in [2.45, 2.75) is 26.2 Å². The van der Waals surface area contributed by atoms with E-state index in [4.69, 9.17) is 0 Å². The van der Waals surface area contributed by atoms with Crippen LogP contribution in [0.1, 0.15) is 36.5 Å². The van der Waals surface area contributed by atoms with Crippen LogP contribution in [0.5, 0.6) is 0 Å². The summed E-state index contributed by atoms with van der Waals surface area (Å²) in [7, 11) is 0. The molecule has 0 fully saturated rings. The number of ketones is 1. The van der Waals surface area contributed by atoms with Gasteiger partial charge in [-0.25, -0.2) is 0 Å². The molecule has 0 aliphatic heterocycles. The molecule has 0 N–H and O–H groups in total. The molecule has 0 saturated carbocycles. The third-order valence-electron chi connectivity index (χ3n) is 2.96. The number of carbonyl (C=O) groups is 1. The maximum Gasteiger partial charge on any atom is 0.189 e. The Morgan fingerprint density at radius 2 is 2.00 bits per heavy atom. The molecule has 2 rings (SSSR count). The molecule has 0 atom stereocenters. The van der Waals surface area contributed by atoms with E-state index in [-0.39, 0.29) is 5.78 Å². The maximum absolute atomic E-state index is 12.3. The number of carbonyl (C=O) groups excluding carboxylic acids is 1. The van der Waals surface area contributed by atoms with Crippen LogP contribution in [0.25, 0.3) is 0 Å². The highest BCUT2D eigenvalue weighted by atomic mass is 16.1. The zero-order chi connectivity index (χ0) is 11.4. The van der Waals surface area contributed by atoms with Crippen LogP contribution in [0, 0.1) is 0 Å². The van der Waals surface area contributed by atoms with Crippen molar-refractivity contribution >= 4 is 5.78 Å². The fourth-order valence-electron chi connectivity index (χ4n) is 2.07. The summed E-state index contributed by atoms with van der Waals surface area (Å²) in [6, 6.07) is 9.55. The molecule has 0 saturated heterocycles. The van der Waals surface area contributed by atoms with Crippen molar-refractivity contribution in [3.63, 3.8) is 0 Å². The molecule has 0 spiro atoms. The molecular formula is C15H16O. The molecule has 82 valence electrons. The lowest BCUT2D eigenvalue weighted by Gasteiger charge is -2.13. The van der Waals surface area contributed by atoms with E-state index in [0.29, 0.717) is 0 Å². The molecule has 1 aromatic carbocycles. The normalized spacial score (nSPS) is 15.3. The number of hydrogen-bond acceptors (Lipinski definition) is 1. The molecule has 0 aromatic heterocycles. The second-order valence-electron chi connectivity index (χ2n) is 3.99. The Labute approximate surface area is 96.5 Å². The zero-order valence-corrected chi connectivity index (χ0v) is 9.57. The number of allylic oxidation sites excluding steroid dienone is 4. The second kappa shape index (κ2) is 4.93. The van der Waals surface area contributed by atoms with Gasteiger partial charge in [-0.15, -0.1) is 0 Å². The van der Waals surface area contributed by atoms with Crippen molar-refractivity contribution in [3.8, 4) is 0 Å². The first-order valence-electron chi connectivity index (χ1n) is 5.81. The summed E-state index contributed by atoms with van der Waals surface area (Å²) >= 11 is 0. The number of rotatable bonds is 3. The Morgan fingerprint density at radius 3 is 2.69 bits per heavy atom. The lowest BCUT2D eigenvalue weighted by molar-refractivity contribution is 0.102. The van der Waals surface area contributed by atoms with E-state index >= 15 is 0 Å². The fraction of sp³-hybridized carbons (Fsp3) is 0.267.